The van der Waals surface area contributed by atoms with Gasteiger partial charge in [-0.25, -0.2) is 0 Å². The topological polar surface area (TPSA) is 79.6 Å². The summed E-state index contributed by atoms with van der Waals surface area (Å²) in [5.41, 5.74) is 1.52. The maximum atomic E-state index is 11.0. The van der Waals surface area contributed by atoms with Gasteiger partial charge in [-0.3, -0.25) is 15.1 Å². The van der Waals surface area contributed by atoms with Crippen molar-refractivity contribution in [2.75, 3.05) is 7.05 Å². The lowest BCUT2D eigenvalue weighted by Gasteiger charge is -2.13. The molecule has 0 saturated heterocycles. The van der Waals surface area contributed by atoms with Crippen LogP contribution < -0.4 is 10.6 Å². The van der Waals surface area contributed by atoms with Gasteiger partial charge in [-0.1, -0.05) is 47.5 Å². The number of hydrogen-bond acceptors (Lipinski definition) is 3. The van der Waals surface area contributed by atoms with E-state index in [0.29, 0.717) is 28.1 Å². The number of nitrogens with one attached hydrogen (secondary N) is 2. The zero-order valence-electron chi connectivity index (χ0n) is 13.3. The molecule has 0 aliphatic rings. The molecule has 2 rings (SSSR count). The van der Waals surface area contributed by atoms with Crippen LogP contribution >= 0.6 is 47.2 Å². The number of guanidine groups is 1. The van der Waals surface area contributed by atoms with Crippen molar-refractivity contribution in [2.24, 2.45) is 4.99 Å². The van der Waals surface area contributed by atoms with Crippen LogP contribution in [0.1, 0.15) is 11.1 Å². The average Bonchev–Trinajstić information content (AvgIpc) is 2.56. The highest BCUT2D eigenvalue weighted by Gasteiger charge is 2.12. The van der Waals surface area contributed by atoms with Crippen molar-refractivity contribution in [3.05, 3.63) is 73.8 Å². The zero-order chi connectivity index (χ0) is 17.5. The zero-order valence-corrected chi connectivity index (χ0v) is 17.2. The smallest absolute Gasteiger partial charge is 0.274 e. The molecule has 9 heteroatoms. The summed E-state index contributed by atoms with van der Waals surface area (Å²) < 4.78 is 0. The van der Waals surface area contributed by atoms with Gasteiger partial charge < -0.3 is 10.6 Å². The Kier molecular flexibility index (Phi) is 8.95. The summed E-state index contributed by atoms with van der Waals surface area (Å²) in [4.78, 5) is 14.7. The molecule has 0 amide bonds. The van der Waals surface area contributed by atoms with E-state index in [2.05, 4.69) is 15.6 Å². The molecule has 6 nitrogen and oxygen atoms in total. The minimum Gasteiger partial charge on any atom is -0.352 e. The summed E-state index contributed by atoms with van der Waals surface area (Å²) in [7, 11) is 1.62. The second-order valence-electron chi connectivity index (χ2n) is 4.90. The average molecular weight is 495 g/mol. The van der Waals surface area contributed by atoms with E-state index < -0.39 is 4.92 Å². The highest BCUT2D eigenvalue weighted by atomic mass is 127. The molecule has 2 aromatic rings. The summed E-state index contributed by atoms with van der Waals surface area (Å²) in [6.07, 6.45) is 0. The minimum atomic E-state index is -0.402. The van der Waals surface area contributed by atoms with Gasteiger partial charge in [0, 0.05) is 41.8 Å². The predicted octanol–water partition coefficient (Wildman–Crippen LogP) is 4.38. The van der Waals surface area contributed by atoms with Crippen LogP contribution in [0.2, 0.25) is 10.0 Å². The Bertz CT molecular complexity index is 772. The summed E-state index contributed by atoms with van der Waals surface area (Å²) in [5.74, 6) is 0.513. The molecule has 0 atom stereocenters. The van der Waals surface area contributed by atoms with E-state index >= 15 is 0 Å². The summed E-state index contributed by atoms with van der Waals surface area (Å²) in [6.45, 7) is 0.734. The van der Waals surface area contributed by atoms with Gasteiger partial charge in [0.2, 0.25) is 0 Å². The highest BCUT2D eigenvalue weighted by Crippen LogP contribution is 2.20. The molecule has 0 aliphatic carbocycles. The second-order valence-corrected chi connectivity index (χ2v) is 5.74. The van der Waals surface area contributed by atoms with Crippen molar-refractivity contribution < 1.29 is 4.92 Å². The van der Waals surface area contributed by atoms with Gasteiger partial charge in [-0.15, -0.1) is 24.0 Å². The fraction of sp³-hybridized carbons (Fsp3) is 0.188. The minimum absolute atomic E-state index is 0. The van der Waals surface area contributed by atoms with E-state index in [1.54, 1.807) is 37.4 Å². The van der Waals surface area contributed by atoms with E-state index in [1.807, 2.05) is 6.07 Å². The van der Waals surface area contributed by atoms with E-state index in [4.69, 9.17) is 23.2 Å². The third kappa shape index (κ3) is 6.33. The fourth-order valence-electron chi connectivity index (χ4n) is 2.08. The summed E-state index contributed by atoms with van der Waals surface area (Å²) in [5, 5.41) is 18.3. The van der Waals surface area contributed by atoms with Gasteiger partial charge >= 0.3 is 0 Å². The van der Waals surface area contributed by atoms with Crippen LogP contribution in [0.25, 0.3) is 0 Å². The molecule has 0 aliphatic heterocycles. The molecule has 0 unspecified atom stereocenters. The molecule has 2 N–H and O–H groups in total. The molecule has 134 valence electrons. The lowest BCUT2D eigenvalue weighted by atomic mass is 10.2. The van der Waals surface area contributed by atoms with Gasteiger partial charge in [0.1, 0.15) is 0 Å². The lowest BCUT2D eigenvalue weighted by molar-refractivity contribution is -0.385. The molecular weight excluding hydrogens is 478 g/mol. The number of para-hydroxylation sites is 1. The first-order valence-electron chi connectivity index (χ1n) is 7.12. The number of halogens is 3. The lowest BCUT2D eigenvalue weighted by Crippen LogP contribution is -2.36. The first-order chi connectivity index (χ1) is 11.5. The van der Waals surface area contributed by atoms with Gasteiger partial charge in [0.15, 0.2) is 5.96 Å². The largest absolute Gasteiger partial charge is 0.352 e. The summed E-state index contributed by atoms with van der Waals surface area (Å²) >= 11 is 12.0. The third-order valence-electron chi connectivity index (χ3n) is 3.32. The first-order valence-corrected chi connectivity index (χ1v) is 7.87. The molecule has 0 fully saturated rings. The van der Waals surface area contributed by atoms with Crippen LogP contribution in [0.3, 0.4) is 0 Å². The first kappa shape index (κ1) is 21.5. The quantitative estimate of drug-likeness (QED) is 0.212. The van der Waals surface area contributed by atoms with E-state index in [1.165, 1.54) is 6.07 Å². The number of aliphatic imine (C=N–C) groups is 1. The van der Waals surface area contributed by atoms with Crippen LogP contribution in [0.5, 0.6) is 0 Å². The Balaban J connectivity index is 0.00000312. The fourth-order valence-corrected chi connectivity index (χ4v) is 2.56. The van der Waals surface area contributed by atoms with Gasteiger partial charge in [-0.2, -0.15) is 0 Å². The number of benzene rings is 2. The molecule has 2 aromatic carbocycles. The second kappa shape index (κ2) is 10.4. The molecule has 0 heterocycles. The number of nitrogens with zero attached hydrogens (tertiary/aromatic N) is 2. The van der Waals surface area contributed by atoms with Crippen LogP contribution in [-0.4, -0.2) is 17.9 Å². The Morgan fingerprint density at radius 1 is 1.12 bits per heavy atom. The Morgan fingerprint density at radius 2 is 1.76 bits per heavy atom. The number of nitro groups is 1. The van der Waals surface area contributed by atoms with E-state index in [9.17, 15) is 10.1 Å². The SMILES string of the molecule is CN=C(NCc1ccc(Cl)cc1Cl)NCc1ccccc1[N+](=O)[O-].I. The normalized spacial score (nSPS) is 10.8. The van der Waals surface area contributed by atoms with Crippen molar-refractivity contribution in [1.29, 1.82) is 0 Å². The highest BCUT2D eigenvalue weighted by molar-refractivity contribution is 14.0. The molecule has 0 radical (unpaired) electrons. The predicted molar refractivity (Wildman–Crippen MR) is 112 cm³/mol. The third-order valence-corrected chi connectivity index (χ3v) is 3.91. The van der Waals surface area contributed by atoms with E-state index in [0.717, 1.165) is 5.56 Å². The van der Waals surface area contributed by atoms with Crippen molar-refractivity contribution in [1.82, 2.24) is 10.6 Å². The monoisotopic (exact) mass is 494 g/mol. The molecule has 0 aromatic heterocycles. The number of hydrogen-bond donors (Lipinski definition) is 2. The molecule has 0 bridgehead atoms. The van der Waals surface area contributed by atoms with Crippen molar-refractivity contribution >= 4 is 58.8 Å². The van der Waals surface area contributed by atoms with Crippen LogP contribution in [-0.2, 0) is 13.1 Å². The standard InChI is InChI=1S/C16H16Cl2N4O2.HI/c1-19-16(20-9-11-6-7-13(17)8-14(11)18)21-10-12-4-2-3-5-15(12)22(23)24;/h2-8H,9-10H2,1H3,(H2,19,20,21);1H. The van der Waals surface area contributed by atoms with Crippen LogP contribution in [0.15, 0.2) is 47.5 Å². The van der Waals surface area contributed by atoms with Crippen molar-refractivity contribution in [3.8, 4) is 0 Å². The molecule has 0 saturated carbocycles. The molecular formula is C16H17Cl2IN4O2. The maximum Gasteiger partial charge on any atom is 0.274 e. The number of rotatable bonds is 5. The summed E-state index contributed by atoms with van der Waals surface area (Å²) in [6, 6.07) is 11.8. The van der Waals surface area contributed by atoms with Crippen molar-refractivity contribution in [2.45, 2.75) is 13.1 Å². The molecule has 0 spiro atoms. The Hall–Kier alpha value is -1.58. The maximum absolute atomic E-state index is 11.0. The van der Waals surface area contributed by atoms with Gasteiger partial charge in [-0.05, 0) is 17.7 Å². The van der Waals surface area contributed by atoms with E-state index in [-0.39, 0.29) is 36.2 Å². The van der Waals surface area contributed by atoms with Crippen LogP contribution in [0.4, 0.5) is 5.69 Å². The Morgan fingerprint density at radius 3 is 2.36 bits per heavy atom. The van der Waals surface area contributed by atoms with Gasteiger partial charge in [0.25, 0.3) is 5.69 Å². The Labute approximate surface area is 172 Å². The number of nitro benzene ring substituents is 1. The van der Waals surface area contributed by atoms with Crippen molar-refractivity contribution in [3.63, 3.8) is 0 Å². The van der Waals surface area contributed by atoms with Gasteiger partial charge in [0.05, 0.1) is 4.92 Å². The van der Waals surface area contributed by atoms with Crippen LogP contribution in [0, 0.1) is 10.1 Å². The molecule has 25 heavy (non-hydrogen) atoms.